The molecule has 3 heterocycles. The van der Waals surface area contributed by atoms with Gasteiger partial charge in [-0.3, -0.25) is 4.57 Å². The van der Waals surface area contributed by atoms with E-state index in [1.54, 1.807) is 0 Å². The number of aryl methyl sites for hydroxylation is 1. The molecule has 3 aromatic rings. The summed E-state index contributed by atoms with van der Waals surface area (Å²) in [5.74, 6) is 1.51. The number of aromatic nitrogens is 3. The number of fused-ring (bicyclic) bond motifs is 1. The van der Waals surface area contributed by atoms with E-state index in [1.807, 2.05) is 47.9 Å². The fourth-order valence-corrected chi connectivity index (χ4v) is 3.91. The van der Waals surface area contributed by atoms with Crippen molar-refractivity contribution in [2.75, 3.05) is 25.0 Å². The van der Waals surface area contributed by atoms with Gasteiger partial charge in [0, 0.05) is 18.0 Å². The third kappa shape index (κ3) is 3.38. The average Bonchev–Trinajstić information content (AvgIpc) is 3.07. The number of para-hydroxylation sites is 1. The van der Waals surface area contributed by atoms with Crippen LogP contribution in [0.25, 0.3) is 16.7 Å². The molecule has 0 amide bonds. The first kappa shape index (κ1) is 17.5. The topological polar surface area (TPSA) is 69.8 Å². The number of rotatable bonds is 4. The van der Waals surface area contributed by atoms with Gasteiger partial charge in [0.15, 0.2) is 5.82 Å². The van der Waals surface area contributed by atoms with E-state index in [0.717, 1.165) is 41.8 Å². The van der Waals surface area contributed by atoms with Crippen LogP contribution in [0, 0.1) is 18.3 Å². The van der Waals surface area contributed by atoms with E-state index in [9.17, 15) is 5.26 Å². The minimum atomic E-state index is 0.403. The Morgan fingerprint density at radius 2 is 2.11 bits per heavy atom. The quantitative estimate of drug-likeness (QED) is 0.771. The number of anilines is 1. The van der Waals surface area contributed by atoms with E-state index in [1.165, 1.54) is 13.0 Å². The second kappa shape index (κ2) is 7.37. The van der Waals surface area contributed by atoms with Gasteiger partial charge in [-0.05, 0) is 56.6 Å². The third-order valence-electron chi connectivity index (χ3n) is 5.30. The van der Waals surface area contributed by atoms with Crippen LogP contribution in [0.4, 0.5) is 5.82 Å². The lowest BCUT2D eigenvalue weighted by molar-refractivity contribution is 0.226. The van der Waals surface area contributed by atoms with Gasteiger partial charge in [-0.1, -0.05) is 25.1 Å². The lowest BCUT2D eigenvalue weighted by Gasteiger charge is -2.32. The molecule has 1 aliphatic rings. The van der Waals surface area contributed by atoms with Gasteiger partial charge in [0.05, 0.1) is 5.52 Å². The highest BCUT2D eigenvalue weighted by Gasteiger charge is 2.20. The van der Waals surface area contributed by atoms with Crippen molar-refractivity contribution in [2.45, 2.75) is 32.7 Å². The highest BCUT2D eigenvalue weighted by molar-refractivity contribution is 5.84. The summed E-state index contributed by atoms with van der Waals surface area (Å²) in [6.45, 7) is 7.52. The zero-order valence-electron chi connectivity index (χ0n) is 15.8. The van der Waals surface area contributed by atoms with Crippen LogP contribution in [0.2, 0.25) is 0 Å². The van der Waals surface area contributed by atoms with Crippen LogP contribution in [0.1, 0.15) is 31.0 Å². The van der Waals surface area contributed by atoms with Gasteiger partial charge in [-0.15, -0.1) is 10.2 Å². The van der Waals surface area contributed by atoms with Gasteiger partial charge >= 0.3 is 0 Å². The molecule has 4 rings (SSSR count). The van der Waals surface area contributed by atoms with Crippen molar-refractivity contribution in [3.8, 4) is 11.9 Å². The second-order valence-corrected chi connectivity index (χ2v) is 7.15. The zero-order valence-corrected chi connectivity index (χ0v) is 15.8. The van der Waals surface area contributed by atoms with E-state index in [2.05, 4.69) is 33.4 Å². The average molecular weight is 360 g/mol. The molecule has 0 saturated carbocycles. The maximum absolute atomic E-state index is 9.55. The zero-order chi connectivity index (χ0) is 18.8. The summed E-state index contributed by atoms with van der Waals surface area (Å²) < 4.78 is 1.89. The molecule has 138 valence electrons. The second-order valence-electron chi connectivity index (χ2n) is 7.15. The van der Waals surface area contributed by atoms with Gasteiger partial charge in [-0.25, -0.2) is 0 Å². The predicted octanol–water partition coefficient (Wildman–Crippen LogP) is 3.50. The fraction of sp³-hybridized carbons (Fsp3) is 0.381. The Labute approximate surface area is 159 Å². The maximum Gasteiger partial charge on any atom is 0.163 e. The smallest absolute Gasteiger partial charge is 0.163 e. The van der Waals surface area contributed by atoms with Crippen molar-refractivity contribution in [2.24, 2.45) is 0 Å². The Hall–Kier alpha value is -2.91. The molecule has 6 nitrogen and oxygen atoms in total. The molecular weight excluding hydrogens is 336 g/mol. The minimum absolute atomic E-state index is 0.403. The highest BCUT2D eigenvalue weighted by Crippen LogP contribution is 2.25. The molecule has 6 heteroatoms. The van der Waals surface area contributed by atoms with Gasteiger partial charge in [0.25, 0.3) is 0 Å². The number of likely N-dealkylation sites (tertiary alicyclic amines) is 1. The fourth-order valence-electron chi connectivity index (χ4n) is 3.91. The van der Waals surface area contributed by atoms with E-state index in [0.29, 0.717) is 17.6 Å². The van der Waals surface area contributed by atoms with Crippen molar-refractivity contribution < 1.29 is 0 Å². The molecule has 0 spiro atoms. The summed E-state index contributed by atoms with van der Waals surface area (Å²) in [6, 6.07) is 14.6. The molecule has 1 N–H and O–H groups in total. The van der Waals surface area contributed by atoms with Gasteiger partial charge in [-0.2, -0.15) is 5.26 Å². The summed E-state index contributed by atoms with van der Waals surface area (Å²) >= 11 is 0. The number of piperidine rings is 1. The number of likely N-dealkylation sites (N-methyl/N-ethyl adjacent to an activating group) is 1. The van der Waals surface area contributed by atoms with Crippen molar-refractivity contribution in [3.63, 3.8) is 0 Å². The first-order valence-electron chi connectivity index (χ1n) is 9.53. The summed E-state index contributed by atoms with van der Waals surface area (Å²) in [5, 5.41) is 23.0. The summed E-state index contributed by atoms with van der Waals surface area (Å²) in [5.41, 5.74) is 2.53. The Bertz CT molecular complexity index is 1000. The number of hydrogen-bond acceptors (Lipinski definition) is 5. The molecule has 1 atom stereocenters. The molecule has 0 unspecified atom stereocenters. The first-order chi connectivity index (χ1) is 13.2. The molecule has 2 aromatic heterocycles. The Morgan fingerprint density at radius 1 is 1.26 bits per heavy atom. The Balaban J connectivity index is 1.64. The Kier molecular flexibility index (Phi) is 4.78. The van der Waals surface area contributed by atoms with E-state index >= 15 is 0 Å². The van der Waals surface area contributed by atoms with Crippen LogP contribution >= 0.6 is 0 Å². The van der Waals surface area contributed by atoms with Gasteiger partial charge in [0.2, 0.25) is 0 Å². The Morgan fingerprint density at radius 3 is 2.89 bits per heavy atom. The molecule has 0 bridgehead atoms. The predicted molar refractivity (Wildman–Crippen MR) is 107 cm³/mol. The molecule has 1 aromatic carbocycles. The lowest BCUT2D eigenvalue weighted by atomic mass is 10.1. The standard InChI is InChI=1S/C21H24N6/c1-3-26-10-6-8-17(14-26)23-20-11-15(2)21(25-24-20)27-18(13-22)12-16-7-4-5-9-19(16)27/h4-5,7,9,11-12,17H,3,6,8,10,14H2,1-2H3,(H,23,24)/t17-/m1/s1. The van der Waals surface area contributed by atoms with Gasteiger partial charge < -0.3 is 10.2 Å². The van der Waals surface area contributed by atoms with Crippen molar-refractivity contribution in [1.82, 2.24) is 19.7 Å². The van der Waals surface area contributed by atoms with Crippen LogP contribution in [0.3, 0.4) is 0 Å². The molecule has 1 fully saturated rings. The van der Waals surface area contributed by atoms with Crippen LogP contribution in [0.5, 0.6) is 0 Å². The van der Waals surface area contributed by atoms with Crippen molar-refractivity contribution in [1.29, 1.82) is 5.26 Å². The number of benzene rings is 1. The normalized spacial score (nSPS) is 17.7. The SMILES string of the molecule is CCN1CCC[C@@H](Nc2cc(C)c(-n3c(C#N)cc4ccccc43)nn2)C1. The van der Waals surface area contributed by atoms with Crippen LogP contribution < -0.4 is 5.32 Å². The number of nitrogens with one attached hydrogen (secondary N) is 1. The van der Waals surface area contributed by atoms with Crippen molar-refractivity contribution in [3.05, 3.63) is 47.7 Å². The molecular formula is C21H24N6. The van der Waals surface area contributed by atoms with Crippen LogP contribution in [-0.2, 0) is 0 Å². The molecule has 0 aliphatic carbocycles. The monoisotopic (exact) mass is 360 g/mol. The molecule has 1 saturated heterocycles. The third-order valence-corrected chi connectivity index (χ3v) is 5.30. The first-order valence-corrected chi connectivity index (χ1v) is 9.53. The van der Waals surface area contributed by atoms with E-state index in [4.69, 9.17) is 0 Å². The van der Waals surface area contributed by atoms with Crippen LogP contribution in [-0.4, -0.2) is 45.3 Å². The number of nitrogens with zero attached hydrogens (tertiary/aromatic N) is 5. The molecule has 1 aliphatic heterocycles. The van der Waals surface area contributed by atoms with E-state index in [-0.39, 0.29) is 0 Å². The summed E-state index contributed by atoms with van der Waals surface area (Å²) in [7, 11) is 0. The maximum atomic E-state index is 9.55. The summed E-state index contributed by atoms with van der Waals surface area (Å²) in [4.78, 5) is 2.46. The molecule has 0 radical (unpaired) electrons. The largest absolute Gasteiger partial charge is 0.365 e. The highest BCUT2D eigenvalue weighted by atomic mass is 15.3. The summed E-state index contributed by atoms with van der Waals surface area (Å²) in [6.07, 6.45) is 2.36. The van der Waals surface area contributed by atoms with E-state index < -0.39 is 0 Å². The van der Waals surface area contributed by atoms with Crippen LogP contribution in [0.15, 0.2) is 36.4 Å². The minimum Gasteiger partial charge on any atom is -0.365 e. The number of hydrogen-bond donors (Lipinski definition) is 1. The van der Waals surface area contributed by atoms with Crippen molar-refractivity contribution >= 4 is 16.7 Å². The number of nitriles is 1. The lowest BCUT2D eigenvalue weighted by Crippen LogP contribution is -2.42. The molecule has 27 heavy (non-hydrogen) atoms. The van der Waals surface area contributed by atoms with Gasteiger partial charge in [0.1, 0.15) is 17.6 Å².